The molecule has 2 rings (SSSR count). The summed E-state index contributed by atoms with van der Waals surface area (Å²) in [5.41, 5.74) is 8.90. The monoisotopic (exact) mass is 230 g/mol. The van der Waals surface area contributed by atoms with Crippen LogP contribution < -0.4 is 10.6 Å². The quantitative estimate of drug-likeness (QED) is 0.848. The summed E-state index contributed by atoms with van der Waals surface area (Å²) >= 11 is 0. The molecule has 0 aliphatic heterocycles. The molecule has 17 heavy (non-hydrogen) atoms. The van der Waals surface area contributed by atoms with E-state index in [9.17, 15) is 0 Å². The van der Waals surface area contributed by atoms with Gasteiger partial charge >= 0.3 is 0 Å². The molecule has 0 atom stereocenters. The van der Waals surface area contributed by atoms with E-state index < -0.39 is 0 Å². The Kier molecular flexibility index (Phi) is 3.32. The van der Waals surface area contributed by atoms with Crippen LogP contribution in [0.2, 0.25) is 0 Å². The van der Waals surface area contributed by atoms with Crippen LogP contribution >= 0.6 is 0 Å². The van der Waals surface area contributed by atoms with Crippen LogP contribution in [0.5, 0.6) is 0 Å². The van der Waals surface area contributed by atoms with Crippen molar-refractivity contribution in [1.82, 2.24) is 10.2 Å². The van der Waals surface area contributed by atoms with Gasteiger partial charge in [-0.05, 0) is 26.0 Å². The van der Waals surface area contributed by atoms with Crippen LogP contribution in [0, 0.1) is 0 Å². The fraction of sp³-hybridized carbons (Fsp3) is 0.308. The van der Waals surface area contributed by atoms with Crippen molar-refractivity contribution >= 4 is 11.5 Å². The third-order valence-corrected chi connectivity index (χ3v) is 2.88. The molecule has 0 saturated carbocycles. The zero-order valence-electron chi connectivity index (χ0n) is 10.3. The number of rotatable bonds is 4. The lowest BCUT2D eigenvalue weighted by atomic mass is 10.1. The van der Waals surface area contributed by atoms with Gasteiger partial charge in [-0.15, -0.1) is 0 Å². The van der Waals surface area contributed by atoms with Gasteiger partial charge in [0.2, 0.25) is 0 Å². The van der Waals surface area contributed by atoms with Crippen molar-refractivity contribution in [3.63, 3.8) is 0 Å². The minimum atomic E-state index is 0.522. The highest BCUT2D eigenvalue weighted by Crippen LogP contribution is 2.24. The molecule has 1 aromatic heterocycles. The summed E-state index contributed by atoms with van der Waals surface area (Å²) in [6, 6.07) is 10.2. The van der Waals surface area contributed by atoms with E-state index in [4.69, 9.17) is 5.73 Å². The topological polar surface area (TPSA) is 57.9 Å². The van der Waals surface area contributed by atoms with Crippen molar-refractivity contribution < 1.29 is 0 Å². The van der Waals surface area contributed by atoms with Gasteiger partial charge in [0.25, 0.3) is 0 Å². The van der Waals surface area contributed by atoms with E-state index in [1.165, 1.54) is 5.69 Å². The van der Waals surface area contributed by atoms with Gasteiger partial charge in [-0.3, -0.25) is 5.10 Å². The second kappa shape index (κ2) is 4.91. The summed E-state index contributed by atoms with van der Waals surface area (Å²) in [6.45, 7) is 6.32. The van der Waals surface area contributed by atoms with E-state index in [2.05, 4.69) is 53.2 Å². The van der Waals surface area contributed by atoms with E-state index in [1.54, 1.807) is 0 Å². The van der Waals surface area contributed by atoms with E-state index in [-0.39, 0.29) is 0 Å². The number of nitrogens with one attached hydrogen (secondary N) is 1. The van der Waals surface area contributed by atoms with E-state index in [0.29, 0.717) is 5.82 Å². The fourth-order valence-corrected chi connectivity index (χ4v) is 1.94. The Bertz CT molecular complexity index is 486. The van der Waals surface area contributed by atoms with Gasteiger partial charge in [0, 0.05) is 30.4 Å². The molecule has 0 fully saturated rings. The first-order chi connectivity index (χ1) is 8.24. The number of hydrogen-bond donors (Lipinski definition) is 2. The van der Waals surface area contributed by atoms with Crippen molar-refractivity contribution in [3.05, 3.63) is 30.3 Å². The molecule has 1 aromatic carbocycles. The number of aromatic amines is 1. The van der Waals surface area contributed by atoms with Crippen molar-refractivity contribution in [2.24, 2.45) is 0 Å². The zero-order valence-corrected chi connectivity index (χ0v) is 10.3. The fourth-order valence-electron chi connectivity index (χ4n) is 1.94. The van der Waals surface area contributed by atoms with Crippen LogP contribution in [0.4, 0.5) is 11.5 Å². The van der Waals surface area contributed by atoms with Crippen LogP contribution in [0.1, 0.15) is 13.8 Å². The number of anilines is 2. The minimum Gasteiger partial charge on any atom is -0.382 e. The number of nitrogen functional groups attached to an aromatic ring is 1. The minimum absolute atomic E-state index is 0.522. The maximum absolute atomic E-state index is 5.61. The molecule has 0 amide bonds. The molecule has 1 heterocycles. The molecule has 0 bridgehead atoms. The lowest BCUT2D eigenvalue weighted by molar-refractivity contribution is 0.866. The average Bonchev–Trinajstić information content (AvgIpc) is 2.78. The van der Waals surface area contributed by atoms with Crippen LogP contribution in [0.25, 0.3) is 11.3 Å². The summed E-state index contributed by atoms with van der Waals surface area (Å²) in [7, 11) is 0. The highest BCUT2D eigenvalue weighted by atomic mass is 15.2. The molecule has 2 aromatic rings. The molecule has 90 valence electrons. The van der Waals surface area contributed by atoms with Gasteiger partial charge < -0.3 is 10.6 Å². The zero-order chi connectivity index (χ0) is 12.3. The molecule has 4 nitrogen and oxygen atoms in total. The molecule has 0 spiro atoms. The smallest absolute Gasteiger partial charge is 0.145 e. The Morgan fingerprint density at radius 2 is 2.00 bits per heavy atom. The lowest BCUT2D eigenvalue weighted by Gasteiger charge is -2.21. The van der Waals surface area contributed by atoms with Crippen molar-refractivity contribution in [3.8, 4) is 11.3 Å². The number of benzene rings is 1. The van der Waals surface area contributed by atoms with Gasteiger partial charge in [0.15, 0.2) is 0 Å². The molecular formula is C13H18N4. The maximum Gasteiger partial charge on any atom is 0.145 e. The number of nitrogens with two attached hydrogens (primary N) is 1. The third kappa shape index (κ3) is 2.41. The highest BCUT2D eigenvalue weighted by Gasteiger charge is 2.05. The van der Waals surface area contributed by atoms with E-state index in [1.807, 2.05) is 6.07 Å². The number of hydrogen-bond acceptors (Lipinski definition) is 3. The van der Waals surface area contributed by atoms with Crippen LogP contribution in [0.3, 0.4) is 0 Å². The number of H-pyrrole nitrogens is 1. The largest absolute Gasteiger partial charge is 0.382 e. The normalized spacial score (nSPS) is 10.5. The summed E-state index contributed by atoms with van der Waals surface area (Å²) in [6.07, 6.45) is 0. The van der Waals surface area contributed by atoms with Gasteiger partial charge in [-0.1, -0.05) is 12.1 Å². The van der Waals surface area contributed by atoms with Crippen LogP contribution in [-0.2, 0) is 0 Å². The van der Waals surface area contributed by atoms with Crippen molar-refractivity contribution in [2.45, 2.75) is 13.8 Å². The molecule has 0 saturated heterocycles. The summed E-state index contributed by atoms with van der Waals surface area (Å²) in [5.74, 6) is 0.522. The van der Waals surface area contributed by atoms with Gasteiger partial charge in [-0.2, -0.15) is 5.10 Å². The Balaban J connectivity index is 2.34. The Morgan fingerprint density at radius 3 is 2.59 bits per heavy atom. The van der Waals surface area contributed by atoms with Crippen molar-refractivity contribution in [1.29, 1.82) is 0 Å². The first-order valence-electron chi connectivity index (χ1n) is 5.90. The molecule has 0 unspecified atom stereocenters. The second-order valence-corrected chi connectivity index (χ2v) is 3.93. The average molecular weight is 230 g/mol. The molecule has 0 radical (unpaired) electrons. The molecule has 3 N–H and O–H groups in total. The Hall–Kier alpha value is -1.97. The predicted octanol–water partition coefficient (Wildman–Crippen LogP) is 2.51. The number of nitrogens with zero attached hydrogens (tertiary/aromatic N) is 2. The first kappa shape index (κ1) is 11.5. The third-order valence-electron chi connectivity index (χ3n) is 2.88. The summed E-state index contributed by atoms with van der Waals surface area (Å²) < 4.78 is 0. The van der Waals surface area contributed by atoms with Gasteiger partial charge in [-0.25, -0.2) is 0 Å². The molecule has 0 aliphatic rings. The van der Waals surface area contributed by atoms with Crippen LogP contribution in [-0.4, -0.2) is 23.3 Å². The Labute approximate surface area is 101 Å². The molecule has 4 heteroatoms. The first-order valence-corrected chi connectivity index (χ1v) is 5.90. The van der Waals surface area contributed by atoms with Gasteiger partial charge in [0.05, 0.1) is 5.69 Å². The summed E-state index contributed by atoms with van der Waals surface area (Å²) in [4.78, 5) is 2.31. The highest BCUT2D eigenvalue weighted by molar-refractivity contribution is 5.67. The molecule has 0 aliphatic carbocycles. The van der Waals surface area contributed by atoms with Crippen molar-refractivity contribution in [2.75, 3.05) is 23.7 Å². The Morgan fingerprint density at radius 1 is 1.24 bits per heavy atom. The van der Waals surface area contributed by atoms with Crippen LogP contribution in [0.15, 0.2) is 30.3 Å². The lowest BCUT2D eigenvalue weighted by Crippen LogP contribution is -2.21. The second-order valence-electron chi connectivity index (χ2n) is 3.93. The summed E-state index contributed by atoms with van der Waals surface area (Å²) in [5, 5.41) is 6.88. The van der Waals surface area contributed by atoms with E-state index in [0.717, 1.165) is 24.3 Å². The SMILES string of the molecule is CCN(CC)c1cccc(-c2cc(N)n[nH]2)c1. The number of aromatic nitrogens is 2. The van der Waals surface area contributed by atoms with E-state index >= 15 is 0 Å². The molecular weight excluding hydrogens is 212 g/mol. The maximum atomic E-state index is 5.61. The van der Waals surface area contributed by atoms with Gasteiger partial charge in [0.1, 0.15) is 5.82 Å². The standard InChI is InChI=1S/C13H18N4/c1-3-17(4-2)11-7-5-6-10(8-11)12-9-13(14)16-15-12/h5-9H,3-4H2,1-2H3,(H3,14,15,16). The predicted molar refractivity (Wildman–Crippen MR) is 72.0 cm³/mol.